The van der Waals surface area contributed by atoms with E-state index in [1.165, 1.54) is 60.3 Å². The molecule has 2 heterocycles. The predicted octanol–water partition coefficient (Wildman–Crippen LogP) is 7.06. The Hall–Kier alpha value is -1.93. The van der Waals surface area contributed by atoms with Gasteiger partial charge in [0.25, 0.3) is 0 Å². The highest BCUT2D eigenvalue weighted by Gasteiger charge is 2.28. The van der Waals surface area contributed by atoms with Gasteiger partial charge in [-0.15, -0.1) is 0 Å². The van der Waals surface area contributed by atoms with Crippen LogP contribution in [0.2, 0.25) is 5.02 Å². The van der Waals surface area contributed by atoms with Gasteiger partial charge in [0.1, 0.15) is 0 Å². The lowest BCUT2D eigenvalue weighted by Crippen LogP contribution is -2.24. The van der Waals surface area contributed by atoms with Crippen molar-refractivity contribution < 1.29 is 0 Å². The van der Waals surface area contributed by atoms with Crippen molar-refractivity contribution in [2.45, 2.75) is 65.0 Å². The maximum atomic E-state index is 6.04. The van der Waals surface area contributed by atoms with Crippen LogP contribution < -0.4 is 0 Å². The molecule has 0 atom stereocenters. The van der Waals surface area contributed by atoms with Crippen molar-refractivity contribution in [1.82, 2.24) is 9.47 Å². The summed E-state index contributed by atoms with van der Waals surface area (Å²) in [7, 11) is 0. The summed E-state index contributed by atoms with van der Waals surface area (Å²) in [5.74, 6) is 0. The van der Waals surface area contributed by atoms with Crippen LogP contribution in [-0.2, 0) is 13.0 Å². The molecule has 2 nitrogen and oxygen atoms in total. The summed E-state index contributed by atoms with van der Waals surface area (Å²) in [6.07, 6.45) is 10.1. The predicted molar refractivity (Wildman–Crippen MR) is 116 cm³/mol. The number of hydrogen-bond acceptors (Lipinski definition) is 1. The Balaban J connectivity index is 1.69. The first-order chi connectivity index (χ1) is 13.1. The molecule has 0 bridgehead atoms. The molecular formula is C24H29ClN2. The van der Waals surface area contributed by atoms with Crippen LogP contribution >= 0.6 is 11.6 Å². The van der Waals surface area contributed by atoms with Crippen LogP contribution in [0.15, 0.2) is 42.6 Å². The van der Waals surface area contributed by atoms with Crippen molar-refractivity contribution in [1.29, 1.82) is 0 Å². The van der Waals surface area contributed by atoms with E-state index in [0.717, 1.165) is 23.7 Å². The fourth-order valence-electron chi connectivity index (χ4n) is 4.64. The lowest BCUT2D eigenvalue weighted by Gasteiger charge is -2.33. The second-order valence-corrected chi connectivity index (χ2v) is 8.33. The number of hydrogen-bond donors (Lipinski definition) is 0. The molecule has 2 aliphatic rings. The van der Waals surface area contributed by atoms with Crippen LogP contribution in [-0.4, -0.2) is 9.47 Å². The summed E-state index contributed by atoms with van der Waals surface area (Å²) in [4.78, 5) is 2.33. The number of aromatic nitrogens is 1. The third kappa shape index (κ3) is 3.48. The van der Waals surface area contributed by atoms with Crippen LogP contribution in [0.25, 0.3) is 11.8 Å². The smallest absolute Gasteiger partial charge is 0.0523 e. The molecule has 0 N–H and O–H groups in total. The van der Waals surface area contributed by atoms with E-state index in [-0.39, 0.29) is 0 Å². The molecule has 0 saturated heterocycles. The normalized spacial score (nSPS) is 17.8. The van der Waals surface area contributed by atoms with Crippen LogP contribution in [0.3, 0.4) is 0 Å². The van der Waals surface area contributed by atoms with E-state index in [1.807, 2.05) is 12.1 Å². The first-order valence-corrected chi connectivity index (χ1v) is 10.6. The topological polar surface area (TPSA) is 8.17 Å². The van der Waals surface area contributed by atoms with Gasteiger partial charge in [-0.3, -0.25) is 0 Å². The van der Waals surface area contributed by atoms with Gasteiger partial charge in [0.05, 0.1) is 5.69 Å². The van der Waals surface area contributed by atoms with Crippen LogP contribution in [0.5, 0.6) is 0 Å². The van der Waals surface area contributed by atoms with Gasteiger partial charge >= 0.3 is 0 Å². The molecule has 0 amide bonds. The van der Waals surface area contributed by atoms with E-state index in [9.17, 15) is 0 Å². The molecule has 0 unspecified atom stereocenters. The minimum atomic E-state index is 0.650. The largest absolute Gasteiger partial charge is 0.341 e. The van der Waals surface area contributed by atoms with Gasteiger partial charge in [-0.05, 0) is 56.0 Å². The molecule has 0 spiro atoms. The zero-order valence-corrected chi connectivity index (χ0v) is 17.2. The fraction of sp³-hybridized carbons (Fsp3) is 0.417. The molecule has 0 radical (unpaired) electrons. The van der Waals surface area contributed by atoms with Gasteiger partial charge in [0, 0.05) is 40.3 Å². The van der Waals surface area contributed by atoms with Gasteiger partial charge in [0.15, 0.2) is 0 Å². The van der Waals surface area contributed by atoms with Crippen molar-refractivity contribution >= 4 is 23.4 Å². The van der Waals surface area contributed by atoms with E-state index in [0.29, 0.717) is 6.04 Å². The standard InChI is InChI=1S/C24H29ClN2/c1-4-21-15-23-18(3)26(16-19-10-12-20(25)13-11-19)17(2)14-24(23)27(21)22-8-6-5-7-9-22/h10-15,22H,3-9,16H2,1-2H3. The van der Waals surface area contributed by atoms with Gasteiger partial charge < -0.3 is 9.47 Å². The van der Waals surface area contributed by atoms with Crippen molar-refractivity contribution in [3.8, 4) is 0 Å². The maximum Gasteiger partial charge on any atom is 0.0523 e. The highest BCUT2D eigenvalue weighted by molar-refractivity contribution is 6.30. The van der Waals surface area contributed by atoms with Gasteiger partial charge in [-0.25, -0.2) is 0 Å². The Bertz CT molecular complexity index is 867. The monoisotopic (exact) mass is 380 g/mol. The Morgan fingerprint density at radius 3 is 2.48 bits per heavy atom. The number of nitrogens with zero attached hydrogens (tertiary/aromatic N) is 2. The summed E-state index contributed by atoms with van der Waals surface area (Å²) >= 11 is 6.04. The second kappa shape index (κ2) is 7.59. The van der Waals surface area contributed by atoms with Crippen molar-refractivity contribution in [2.75, 3.05) is 0 Å². The first kappa shape index (κ1) is 18.4. The minimum absolute atomic E-state index is 0.650. The summed E-state index contributed by atoms with van der Waals surface area (Å²) in [6.45, 7) is 9.78. The number of aryl methyl sites for hydroxylation is 1. The zero-order chi connectivity index (χ0) is 19.0. The molecule has 4 rings (SSSR count). The van der Waals surface area contributed by atoms with Crippen molar-refractivity contribution in [3.05, 3.63) is 70.1 Å². The highest BCUT2D eigenvalue weighted by Crippen LogP contribution is 2.40. The lowest BCUT2D eigenvalue weighted by molar-refractivity contribution is 0.346. The molecule has 1 aromatic heterocycles. The molecule has 2 aromatic rings. The molecule has 27 heavy (non-hydrogen) atoms. The van der Waals surface area contributed by atoms with E-state index in [4.69, 9.17) is 11.6 Å². The number of benzene rings is 1. The zero-order valence-electron chi connectivity index (χ0n) is 16.5. The summed E-state index contributed by atoms with van der Waals surface area (Å²) < 4.78 is 2.63. The molecular weight excluding hydrogens is 352 g/mol. The third-order valence-electron chi connectivity index (χ3n) is 6.12. The first-order valence-electron chi connectivity index (χ1n) is 10.2. The highest BCUT2D eigenvalue weighted by atomic mass is 35.5. The molecule has 1 aliphatic carbocycles. The van der Waals surface area contributed by atoms with E-state index >= 15 is 0 Å². The van der Waals surface area contributed by atoms with Gasteiger partial charge in [0.2, 0.25) is 0 Å². The third-order valence-corrected chi connectivity index (χ3v) is 6.37. The number of halogens is 1. The van der Waals surface area contributed by atoms with E-state index < -0.39 is 0 Å². The SMILES string of the molecule is C=C1c2cc(CC)n(C3CCCCC3)c2C=C(C)N1Cc1ccc(Cl)cc1. The van der Waals surface area contributed by atoms with Gasteiger partial charge in [-0.2, -0.15) is 0 Å². The van der Waals surface area contributed by atoms with Crippen molar-refractivity contribution in [3.63, 3.8) is 0 Å². The Morgan fingerprint density at radius 2 is 1.81 bits per heavy atom. The number of allylic oxidation sites excluding steroid dienone is 1. The molecule has 1 fully saturated rings. The molecule has 142 valence electrons. The van der Waals surface area contributed by atoms with Crippen LogP contribution in [0.1, 0.15) is 74.5 Å². The fourth-order valence-corrected chi connectivity index (χ4v) is 4.77. The van der Waals surface area contributed by atoms with Crippen molar-refractivity contribution in [2.24, 2.45) is 0 Å². The molecule has 3 heteroatoms. The Labute approximate surface area is 168 Å². The maximum absolute atomic E-state index is 6.04. The van der Waals surface area contributed by atoms with E-state index in [1.54, 1.807) is 0 Å². The van der Waals surface area contributed by atoms with E-state index in [2.05, 4.69) is 54.2 Å². The minimum Gasteiger partial charge on any atom is -0.341 e. The van der Waals surface area contributed by atoms with Gasteiger partial charge in [-0.1, -0.05) is 56.5 Å². The Kier molecular flexibility index (Phi) is 5.19. The average molecular weight is 381 g/mol. The van der Waals surface area contributed by atoms with Crippen LogP contribution in [0.4, 0.5) is 0 Å². The second-order valence-electron chi connectivity index (χ2n) is 7.90. The summed E-state index contributed by atoms with van der Waals surface area (Å²) in [6, 6.07) is 11.2. The molecule has 1 saturated carbocycles. The summed E-state index contributed by atoms with van der Waals surface area (Å²) in [5.41, 5.74) is 7.75. The molecule has 1 aliphatic heterocycles. The quantitative estimate of drug-likeness (QED) is 0.551. The lowest BCUT2D eigenvalue weighted by atomic mass is 9.94. The number of rotatable bonds is 4. The Morgan fingerprint density at radius 1 is 1.11 bits per heavy atom. The summed E-state index contributed by atoms with van der Waals surface area (Å²) in [5, 5.41) is 0.780. The number of fused-ring (bicyclic) bond motifs is 1. The molecule has 1 aromatic carbocycles. The van der Waals surface area contributed by atoms with Crippen LogP contribution in [0, 0.1) is 0 Å². The average Bonchev–Trinajstić information content (AvgIpc) is 3.06.